The van der Waals surface area contributed by atoms with Crippen molar-refractivity contribution in [1.29, 1.82) is 0 Å². The number of aliphatic hydroxyl groups is 3. The Hall–Kier alpha value is -0.200. The number of hydrogen-bond donors (Lipinski definition) is 3. The Morgan fingerprint density at radius 3 is 2.27 bits per heavy atom. The maximum absolute atomic E-state index is 12.3. The van der Waals surface area contributed by atoms with Crippen LogP contribution in [0.1, 0.15) is 107 Å². The van der Waals surface area contributed by atoms with Crippen LogP contribution in [0, 0.1) is 50.7 Å². The van der Waals surface area contributed by atoms with E-state index in [1.807, 2.05) is 20.8 Å². The quantitative estimate of drug-likeness (QED) is 0.468. The summed E-state index contributed by atoms with van der Waals surface area (Å²) in [7, 11) is 0. The molecule has 3 N–H and O–H groups in total. The Morgan fingerprint density at radius 2 is 1.62 bits per heavy atom. The van der Waals surface area contributed by atoms with E-state index in [1.54, 1.807) is 0 Å². The Labute approximate surface area is 225 Å². The van der Waals surface area contributed by atoms with Crippen LogP contribution in [-0.4, -0.2) is 58.0 Å². The fourth-order valence-electron chi connectivity index (χ4n) is 12.5. The highest BCUT2D eigenvalue weighted by molar-refractivity contribution is 5.32. The van der Waals surface area contributed by atoms with Gasteiger partial charge in [-0.3, -0.25) is 0 Å². The average molecular weight is 519 g/mol. The molecule has 37 heavy (non-hydrogen) atoms. The van der Waals surface area contributed by atoms with E-state index in [0.29, 0.717) is 41.1 Å². The van der Waals surface area contributed by atoms with Crippen LogP contribution < -0.4 is 0 Å². The summed E-state index contributed by atoms with van der Waals surface area (Å²) in [5, 5.41) is 34.2. The third-order valence-corrected chi connectivity index (χ3v) is 14.2. The molecule has 6 fully saturated rings. The largest absolute Gasteiger partial charge is 0.393 e. The van der Waals surface area contributed by atoms with E-state index in [9.17, 15) is 15.3 Å². The second-order valence-corrected chi connectivity index (χ2v) is 16.1. The number of hydrogen-bond acceptors (Lipinski definition) is 5. The van der Waals surface area contributed by atoms with Gasteiger partial charge in [-0.25, -0.2) is 0 Å². The van der Waals surface area contributed by atoms with Crippen LogP contribution in [0.2, 0.25) is 0 Å². The SMILES string of the molecule is CCO[C@@H](C1C[C@@H](C)[C@H]2C(O1)[C@H](O)[C@@]1(C)C3CC[C@H]4C(C)(C)C(O)CCC45CC35CCC21C)C(C)(C)O. The van der Waals surface area contributed by atoms with Crippen molar-refractivity contribution >= 4 is 0 Å². The predicted molar refractivity (Wildman–Crippen MR) is 144 cm³/mol. The molecule has 0 aromatic heterocycles. The van der Waals surface area contributed by atoms with Crippen molar-refractivity contribution in [2.24, 2.45) is 50.7 Å². The van der Waals surface area contributed by atoms with Gasteiger partial charge in [0.2, 0.25) is 0 Å². The topological polar surface area (TPSA) is 79.2 Å². The van der Waals surface area contributed by atoms with Gasteiger partial charge in [0.25, 0.3) is 0 Å². The van der Waals surface area contributed by atoms with Gasteiger partial charge in [-0.1, -0.05) is 34.6 Å². The molecule has 0 radical (unpaired) electrons. The number of ether oxygens (including phenoxy) is 2. The predicted octanol–water partition coefficient (Wildman–Crippen LogP) is 5.34. The molecule has 212 valence electrons. The van der Waals surface area contributed by atoms with Gasteiger partial charge in [-0.05, 0) is 117 Å². The highest BCUT2D eigenvalue weighted by atomic mass is 16.6. The summed E-state index contributed by atoms with van der Waals surface area (Å²) in [4.78, 5) is 0. The van der Waals surface area contributed by atoms with Gasteiger partial charge in [0.05, 0.1) is 30.0 Å². The van der Waals surface area contributed by atoms with E-state index in [0.717, 1.165) is 32.1 Å². The Morgan fingerprint density at radius 1 is 0.973 bits per heavy atom. The lowest BCUT2D eigenvalue weighted by atomic mass is 9.41. The minimum Gasteiger partial charge on any atom is -0.393 e. The van der Waals surface area contributed by atoms with Crippen LogP contribution in [0.5, 0.6) is 0 Å². The molecular formula is C32H54O5. The van der Waals surface area contributed by atoms with Crippen LogP contribution >= 0.6 is 0 Å². The van der Waals surface area contributed by atoms with Crippen molar-refractivity contribution in [2.45, 2.75) is 143 Å². The molecule has 0 amide bonds. The molecule has 0 aromatic rings. The first-order valence-corrected chi connectivity index (χ1v) is 15.5. The summed E-state index contributed by atoms with van der Waals surface area (Å²) < 4.78 is 12.9. The first-order valence-electron chi connectivity index (χ1n) is 15.5. The fraction of sp³-hybridized carbons (Fsp3) is 1.00. The summed E-state index contributed by atoms with van der Waals surface area (Å²) in [6.45, 7) is 18.0. The molecule has 1 saturated heterocycles. The zero-order chi connectivity index (χ0) is 27.0. The molecule has 5 aliphatic carbocycles. The summed E-state index contributed by atoms with van der Waals surface area (Å²) in [6.07, 6.45) is 7.49. The number of rotatable bonds is 4. The maximum Gasteiger partial charge on any atom is 0.112 e. The maximum atomic E-state index is 12.3. The molecule has 0 bridgehead atoms. The lowest BCUT2D eigenvalue weighted by Gasteiger charge is -2.63. The van der Waals surface area contributed by atoms with E-state index in [2.05, 4.69) is 34.6 Å². The molecule has 1 aliphatic heterocycles. The van der Waals surface area contributed by atoms with Crippen molar-refractivity contribution in [3.8, 4) is 0 Å². The molecule has 13 atom stereocenters. The van der Waals surface area contributed by atoms with Gasteiger partial charge in [0, 0.05) is 12.0 Å². The molecule has 6 aliphatic rings. The van der Waals surface area contributed by atoms with Crippen molar-refractivity contribution in [2.75, 3.05) is 6.61 Å². The molecule has 5 nitrogen and oxygen atoms in total. The van der Waals surface area contributed by atoms with Crippen LogP contribution in [0.25, 0.3) is 0 Å². The lowest BCUT2D eigenvalue weighted by Crippen LogP contribution is -2.59. The molecule has 0 aromatic carbocycles. The minimum atomic E-state index is -1.00. The van der Waals surface area contributed by atoms with Crippen molar-refractivity contribution < 1.29 is 24.8 Å². The molecule has 2 spiro atoms. The molecule has 7 unspecified atom stereocenters. The summed E-state index contributed by atoms with van der Waals surface area (Å²) in [5.41, 5.74) is -0.501. The second kappa shape index (κ2) is 7.96. The highest BCUT2D eigenvalue weighted by Gasteiger charge is 2.84. The van der Waals surface area contributed by atoms with E-state index < -0.39 is 17.8 Å². The van der Waals surface area contributed by atoms with Gasteiger partial charge < -0.3 is 24.8 Å². The number of aliphatic hydroxyl groups excluding tert-OH is 2. The van der Waals surface area contributed by atoms with Crippen molar-refractivity contribution in [3.63, 3.8) is 0 Å². The third kappa shape index (κ3) is 3.10. The summed E-state index contributed by atoms with van der Waals surface area (Å²) in [5.74, 6) is 1.82. The fourth-order valence-corrected chi connectivity index (χ4v) is 12.5. The van der Waals surface area contributed by atoms with E-state index in [1.165, 1.54) is 19.3 Å². The molecular weight excluding hydrogens is 464 g/mol. The molecule has 5 saturated carbocycles. The highest BCUT2D eigenvalue weighted by Crippen LogP contribution is 2.89. The summed E-state index contributed by atoms with van der Waals surface area (Å²) in [6, 6.07) is 0. The van der Waals surface area contributed by atoms with E-state index >= 15 is 0 Å². The Bertz CT molecular complexity index is 927. The zero-order valence-electron chi connectivity index (χ0n) is 24.7. The Balaban J connectivity index is 1.35. The van der Waals surface area contributed by atoms with Crippen LogP contribution in [0.15, 0.2) is 0 Å². The van der Waals surface area contributed by atoms with Gasteiger partial charge in [-0.15, -0.1) is 0 Å². The van der Waals surface area contributed by atoms with Crippen molar-refractivity contribution in [1.82, 2.24) is 0 Å². The van der Waals surface area contributed by atoms with Crippen LogP contribution in [-0.2, 0) is 9.47 Å². The smallest absolute Gasteiger partial charge is 0.112 e. The van der Waals surface area contributed by atoms with Crippen LogP contribution in [0.3, 0.4) is 0 Å². The minimum absolute atomic E-state index is 0.0209. The molecule has 6 rings (SSSR count). The standard InChI is InChI=1S/C32H54O5/c1-9-36-26(28(5,6)35)19-16-18(2)23-24(37-19)25(34)30(8)21-11-10-20-27(3,4)22(33)12-13-31(20)17-32(21,31)15-14-29(23,30)7/h18-26,33-35H,9-17H2,1-8H3/t18-,19?,20+,21?,22?,23+,24?,25+,26+,29?,30-,31?,32?/m1/s1. The molecule has 1 heterocycles. The Kier molecular flexibility index (Phi) is 5.81. The van der Waals surface area contributed by atoms with Gasteiger partial charge in [-0.2, -0.15) is 0 Å². The van der Waals surface area contributed by atoms with Gasteiger partial charge >= 0.3 is 0 Å². The molecule has 5 heteroatoms. The summed E-state index contributed by atoms with van der Waals surface area (Å²) >= 11 is 0. The van der Waals surface area contributed by atoms with Gasteiger partial charge in [0.15, 0.2) is 0 Å². The average Bonchev–Trinajstić information content (AvgIpc) is 3.44. The monoisotopic (exact) mass is 518 g/mol. The first-order chi connectivity index (χ1) is 17.1. The van der Waals surface area contributed by atoms with Gasteiger partial charge in [0.1, 0.15) is 6.10 Å². The normalized spacial score (nSPS) is 56.8. The van der Waals surface area contributed by atoms with E-state index in [-0.39, 0.29) is 34.6 Å². The zero-order valence-corrected chi connectivity index (χ0v) is 24.7. The lowest BCUT2D eigenvalue weighted by molar-refractivity contribution is -0.215. The van der Waals surface area contributed by atoms with E-state index in [4.69, 9.17) is 9.47 Å². The third-order valence-electron chi connectivity index (χ3n) is 14.2. The second-order valence-electron chi connectivity index (χ2n) is 16.1. The number of fused-ring (bicyclic) bond motifs is 4. The first kappa shape index (κ1) is 27.0. The van der Waals surface area contributed by atoms with Crippen molar-refractivity contribution in [3.05, 3.63) is 0 Å². The van der Waals surface area contributed by atoms with Crippen LogP contribution in [0.4, 0.5) is 0 Å².